The van der Waals surface area contributed by atoms with Crippen LogP contribution in [0.4, 0.5) is 0 Å². The Morgan fingerprint density at radius 2 is 2.00 bits per heavy atom. The molecule has 0 amide bonds. The molecule has 2 aromatic rings. The lowest BCUT2D eigenvalue weighted by molar-refractivity contribution is 0.287. The number of hydrogen-bond donors (Lipinski definition) is 0. The molecule has 0 saturated carbocycles. The molecule has 110 valence electrons. The Hall–Kier alpha value is -1.28. The van der Waals surface area contributed by atoms with Crippen molar-refractivity contribution in [2.75, 3.05) is 13.6 Å². The van der Waals surface area contributed by atoms with E-state index in [1.807, 2.05) is 0 Å². The molecule has 1 aromatic heterocycles. The quantitative estimate of drug-likeness (QED) is 0.716. The van der Waals surface area contributed by atoms with E-state index in [9.17, 15) is 0 Å². The third-order valence-electron chi connectivity index (χ3n) is 3.79. The molecule has 1 aromatic carbocycles. The summed E-state index contributed by atoms with van der Waals surface area (Å²) in [6, 6.07) is 8.67. The van der Waals surface area contributed by atoms with Crippen molar-refractivity contribution in [3.8, 4) is 0 Å². The Morgan fingerprint density at radius 3 is 2.70 bits per heavy atom. The average Bonchev–Trinajstić information content (AvgIpc) is 2.78. The smallest absolute Gasteiger partial charge is 0.134 e. The van der Waals surface area contributed by atoms with Crippen LogP contribution in [-0.2, 0) is 13.0 Å². The highest BCUT2D eigenvalue weighted by molar-refractivity contribution is 5.78. The van der Waals surface area contributed by atoms with Gasteiger partial charge in [-0.3, -0.25) is 4.90 Å². The van der Waals surface area contributed by atoms with Crippen LogP contribution in [0.3, 0.4) is 0 Å². The van der Waals surface area contributed by atoms with Crippen LogP contribution in [0.5, 0.6) is 0 Å². The van der Waals surface area contributed by atoms with Crippen molar-refractivity contribution in [3.05, 3.63) is 35.6 Å². The second-order valence-electron chi connectivity index (χ2n) is 6.21. The molecular weight excluding hydrogens is 246 g/mol. The van der Waals surface area contributed by atoms with E-state index in [0.29, 0.717) is 0 Å². The molecule has 0 unspecified atom stereocenters. The Morgan fingerprint density at radius 1 is 1.20 bits per heavy atom. The summed E-state index contributed by atoms with van der Waals surface area (Å²) >= 11 is 0. The molecule has 0 fully saturated rings. The standard InChI is InChI=1S/C18H27NO/c1-5-15-8-9-18-16(11-15)12-17(20-18)13-19(4)10-6-7-14(2)3/h8-9,11-12,14H,5-7,10,13H2,1-4H3. The van der Waals surface area contributed by atoms with Gasteiger partial charge in [0, 0.05) is 5.39 Å². The van der Waals surface area contributed by atoms with Crippen LogP contribution < -0.4 is 0 Å². The predicted molar refractivity (Wildman–Crippen MR) is 86.0 cm³/mol. The number of aryl methyl sites for hydroxylation is 1. The van der Waals surface area contributed by atoms with Gasteiger partial charge in [0.1, 0.15) is 11.3 Å². The highest BCUT2D eigenvalue weighted by Gasteiger charge is 2.07. The second-order valence-corrected chi connectivity index (χ2v) is 6.21. The van der Waals surface area contributed by atoms with Gasteiger partial charge < -0.3 is 4.42 Å². The first-order chi connectivity index (χ1) is 9.58. The molecule has 0 spiro atoms. The Labute approximate surface area is 122 Å². The minimum atomic E-state index is 0.794. The van der Waals surface area contributed by atoms with Gasteiger partial charge >= 0.3 is 0 Å². The third kappa shape index (κ3) is 4.11. The lowest BCUT2D eigenvalue weighted by Gasteiger charge is -2.15. The zero-order chi connectivity index (χ0) is 14.5. The SMILES string of the molecule is CCc1ccc2oc(CN(C)CCCC(C)C)cc2c1. The van der Waals surface area contributed by atoms with Gasteiger partial charge in [0.25, 0.3) is 0 Å². The van der Waals surface area contributed by atoms with E-state index in [0.717, 1.165) is 36.8 Å². The van der Waals surface area contributed by atoms with E-state index in [-0.39, 0.29) is 0 Å². The predicted octanol–water partition coefficient (Wildman–Crippen LogP) is 4.86. The van der Waals surface area contributed by atoms with Crippen molar-refractivity contribution in [3.63, 3.8) is 0 Å². The number of fused-ring (bicyclic) bond motifs is 1. The largest absolute Gasteiger partial charge is 0.460 e. The van der Waals surface area contributed by atoms with E-state index in [4.69, 9.17) is 4.42 Å². The molecule has 0 aliphatic rings. The zero-order valence-corrected chi connectivity index (χ0v) is 13.3. The molecule has 2 rings (SSSR count). The molecule has 0 bridgehead atoms. The molecular formula is C18H27NO. The summed E-state index contributed by atoms with van der Waals surface area (Å²) in [5, 5.41) is 1.23. The van der Waals surface area contributed by atoms with Crippen molar-refractivity contribution >= 4 is 11.0 Å². The van der Waals surface area contributed by atoms with Gasteiger partial charge in [-0.2, -0.15) is 0 Å². The van der Waals surface area contributed by atoms with E-state index in [1.54, 1.807) is 0 Å². The summed E-state index contributed by atoms with van der Waals surface area (Å²) in [6.07, 6.45) is 3.63. The molecule has 2 heteroatoms. The zero-order valence-electron chi connectivity index (χ0n) is 13.3. The summed E-state index contributed by atoms with van der Waals surface area (Å²) in [5.41, 5.74) is 2.38. The maximum Gasteiger partial charge on any atom is 0.134 e. The molecule has 0 N–H and O–H groups in total. The van der Waals surface area contributed by atoms with Crippen molar-refractivity contribution in [1.29, 1.82) is 0 Å². The van der Waals surface area contributed by atoms with Gasteiger partial charge in [-0.05, 0) is 62.5 Å². The van der Waals surface area contributed by atoms with Crippen LogP contribution in [0.1, 0.15) is 44.9 Å². The molecule has 0 radical (unpaired) electrons. The van der Waals surface area contributed by atoms with Crippen LogP contribution in [0, 0.1) is 5.92 Å². The maximum absolute atomic E-state index is 5.92. The normalized spacial score (nSPS) is 11.9. The van der Waals surface area contributed by atoms with Gasteiger partial charge in [0.15, 0.2) is 0 Å². The molecule has 2 nitrogen and oxygen atoms in total. The Bertz CT molecular complexity index is 541. The first kappa shape index (κ1) is 15.1. The number of hydrogen-bond acceptors (Lipinski definition) is 2. The van der Waals surface area contributed by atoms with Gasteiger partial charge in [0.05, 0.1) is 6.54 Å². The van der Waals surface area contributed by atoms with E-state index in [1.165, 1.54) is 23.8 Å². The number of furan rings is 1. The van der Waals surface area contributed by atoms with Crippen LogP contribution in [0.15, 0.2) is 28.7 Å². The summed E-state index contributed by atoms with van der Waals surface area (Å²) in [7, 11) is 2.17. The summed E-state index contributed by atoms with van der Waals surface area (Å²) in [5.74, 6) is 1.86. The minimum absolute atomic E-state index is 0.794. The lowest BCUT2D eigenvalue weighted by Crippen LogP contribution is -2.19. The Balaban J connectivity index is 1.95. The van der Waals surface area contributed by atoms with E-state index in [2.05, 4.69) is 57.0 Å². The van der Waals surface area contributed by atoms with Crippen molar-refractivity contribution in [2.45, 2.75) is 46.6 Å². The Kier molecular flexibility index (Phi) is 5.24. The van der Waals surface area contributed by atoms with Crippen molar-refractivity contribution in [2.24, 2.45) is 5.92 Å². The molecule has 1 heterocycles. The second kappa shape index (κ2) is 6.94. The third-order valence-corrected chi connectivity index (χ3v) is 3.79. The van der Waals surface area contributed by atoms with Gasteiger partial charge in [0.2, 0.25) is 0 Å². The first-order valence-electron chi connectivity index (χ1n) is 7.78. The molecule has 20 heavy (non-hydrogen) atoms. The molecule has 0 saturated heterocycles. The summed E-state index contributed by atoms with van der Waals surface area (Å²) in [6.45, 7) is 8.78. The molecule has 0 aliphatic heterocycles. The number of nitrogens with zero attached hydrogens (tertiary/aromatic N) is 1. The molecule has 0 aliphatic carbocycles. The van der Waals surface area contributed by atoms with Crippen LogP contribution >= 0.6 is 0 Å². The average molecular weight is 273 g/mol. The number of rotatable bonds is 7. The summed E-state index contributed by atoms with van der Waals surface area (Å²) in [4.78, 5) is 2.35. The highest BCUT2D eigenvalue weighted by Crippen LogP contribution is 2.22. The topological polar surface area (TPSA) is 16.4 Å². The fourth-order valence-corrected chi connectivity index (χ4v) is 2.56. The summed E-state index contributed by atoms with van der Waals surface area (Å²) < 4.78 is 5.92. The van der Waals surface area contributed by atoms with Crippen LogP contribution in [0.25, 0.3) is 11.0 Å². The minimum Gasteiger partial charge on any atom is -0.460 e. The highest BCUT2D eigenvalue weighted by atomic mass is 16.3. The first-order valence-corrected chi connectivity index (χ1v) is 7.78. The van der Waals surface area contributed by atoms with Gasteiger partial charge in [-0.25, -0.2) is 0 Å². The van der Waals surface area contributed by atoms with Gasteiger partial charge in [-0.1, -0.05) is 26.8 Å². The lowest BCUT2D eigenvalue weighted by atomic mass is 10.1. The fourth-order valence-electron chi connectivity index (χ4n) is 2.56. The van der Waals surface area contributed by atoms with E-state index < -0.39 is 0 Å². The fraction of sp³-hybridized carbons (Fsp3) is 0.556. The number of benzene rings is 1. The monoisotopic (exact) mass is 273 g/mol. The van der Waals surface area contributed by atoms with E-state index >= 15 is 0 Å². The maximum atomic E-state index is 5.92. The van der Waals surface area contributed by atoms with Crippen LogP contribution in [0.2, 0.25) is 0 Å². The van der Waals surface area contributed by atoms with Crippen LogP contribution in [-0.4, -0.2) is 18.5 Å². The van der Waals surface area contributed by atoms with Gasteiger partial charge in [-0.15, -0.1) is 0 Å². The molecule has 0 atom stereocenters. The van der Waals surface area contributed by atoms with Crippen molar-refractivity contribution < 1.29 is 4.42 Å². The van der Waals surface area contributed by atoms with Crippen molar-refractivity contribution in [1.82, 2.24) is 4.90 Å².